The predicted molar refractivity (Wildman–Crippen MR) is 66.9 cm³/mol. The van der Waals surface area contributed by atoms with Gasteiger partial charge < -0.3 is 19.7 Å². The van der Waals surface area contributed by atoms with Crippen LogP contribution in [-0.4, -0.2) is 40.9 Å². The molecular formula is C13H10O8. The van der Waals surface area contributed by atoms with Gasteiger partial charge in [-0.3, -0.25) is 0 Å². The third kappa shape index (κ3) is 3.90. The Morgan fingerprint density at radius 1 is 1.05 bits per heavy atom. The Morgan fingerprint density at radius 3 is 2.19 bits per heavy atom. The van der Waals surface area contributed by atoms with Crippen LogP contribution in [0.3, 0.4) is 0 Å². The average molecular weight is 294 g/mol. The molecule has 0 amide bonds. The molecule has 0 aliphatic heterocycles. The molecule has 8 heteroatoms. The standard InChI is InChI=1S/C13H10O8/c1-2-9(14)20-6-21-13(19)8-5-3-4-7(11(15)16)10(8)12(17)18/h2-5H,1,6H2,(H,15,16)(H,17,18). The minimum Gasteiger partial charge on any atom is -0.478 e. The van der Waals surface area contributed by atoms with Gasteiger partial charge in [-0.1, -0.05) is 12.6 Å². The summed E-state index contributed by atoms with van der Waals surface area (Å²) in [6.45, 7) is 2.38. The lowest BCUT2D eigenvalue weighted by molar-refractivity contribution is -0.146. The summed E-state index contributed by atoms with van der Waals surface area (Å²) >= 11 is 0. The number of hydrogen-bond donors (Lipinski definition) is 2. The van der Waals surface area contributed by atoms with Crippen LogP contribution in [0.1, 0.15) is 31.1 Å². The van der Waals surface area contributed by atoms with Crippen molar-refractivity contribution >= 4 is 23.9 Å². The number of carbonyl (C=O) groups excluding carboxylic acids is 2. The molecule has 0 spiro atoms. The fourth-order valence-corrected chi connectivity index (χ4v) is 1.41. The number of rotatable bonds is 6. The summed E-state index contributed by atoms with van der Waals surface area (Å²) in [5.41, 5.74) is -1.72. The van der Waals surface area contributed by atoms with E-state index in [0.717, 1.165) is 18.2 Å². The first-order valence-electron chi connectivity index (χ1n) is 5.44. The molecule has 1 aromatic carbocycles. The van der Waals surface area contributed by atoms with Crippen molar-refractivity contribution in [1.29, 1.82) is 0 Å². The van der Waals surface area contributed by atoms with Crippen molar-refractivity contribution in [1.82, 2.24) is 0 Å². The van der Waals surface area contributed by atoms with Crippen molar-refractivity contribution in [3.8, 4) is 0 Å². The monoisotopic (exact) mass is 294 g/mol. The molecule has 0 unspecified atom stereocenters. The van der Waals surface area contributed by atoms with Gasteiger partial charge in [-0.25, -0.2) is 19.2 Å². The van der Waals surface area contributed by atoms with Crippen molar-refractivity contribution in [2.75, 3.05) is 6.79 Å². The quantitative estimate of drug-likeness (QED) is 0.450. The minimum atomic E-state index is -1.59. The second-order valence-corrected chi connectivity index (χ2v) is 3.56. The fourth-order valence-electron chi connectivity index (χ4n) is 1.41. The summed E-state index contributed by atoms with van der Waals surface area (Å²) in [4.78, 5) is 44.5. The predicted octanol–water partition coefficient (Wildman–Crippen LogP) is 0.927. The van der Waals surface area contributed by atoms with Crippen molar-refractivity contribution < 1.29 is 38.9 Å². The fraction of sp³-hybridized carbons (Fsp3) is 0.0769. The number of carbonyl (C=O) groups is 4. The van der Waals surface area contributed by atoms with E-state index in [0.29, 0.717) is 0 Å². The van der Waals surface area contributed by atoms with E-state index in [-0.39, 0.29) is 0 Å². The number of aromatic carboxylic acids is 2. The smallest absolute Gasteiger partial charge is 0.341 e. The topological polar surface area (TPSA) is 127 Å². The first-order valence-corrected chi connectivity index (χ1v) is 5.44. The zero-order valence-corrected chi connectivity index (χ0v) is 10.6. The van der Waals surface area contributed by atoms with Gasteiger partial charge in [-0.2, -0.15) is 0 Å². The highest BCUT2D eigenvalue weighted by Crippen LogP contribution is 2.16. The van der Waals surface area contributed by atoms with Crippen LogP contribution in [0.2, 0.25) is 0 Å². The molecule has 0 saturated heterocycles. The maximum atomic E-state index is 11.7. The minimum absolute atomic E-state index is 0.461. The summed E-state index contributed by atoms with van der Waals surface area (Å²) < 4.78 is 8.94. The Bertz CT molecular complexity index is 617. The van der Waals surface area contributed by atoms with Crippen molar-refractivity contribution in [3.63, 3.8) is 0 Å². The lowest BCUT2D eigenvalue weighted by Gasteiger charge is -2.09. The molecule has 0 fully saturated rings. The van der Waals surface area contributed by atoms with Gasteiger partial charge in [0.25, 0.3) is 0 Å². The van der Waals surface area contributed by atoms with Crippen molar-refractivity contribution in [2.24, 2.45) is 0 Å². The van der Waals surface area contributed by atoms with Gasteiger partial charge >= 0.3 is 23.9 Å². The SMILES string of the molecule is C=CC(=O)OCOC(=O)c1cccc(C(=O)O)c1C(=O)O. The number of benzene rings is 1. The highest BCUT2D eigenvalue weighted by Gasteiger charge is 2.24. The van der Waals surface area contributed by atoms with Gasteiger partial charge in [0, 0.05) is 6.08 Å². The summed E-state index contributed by atoms with van der Waals surface area (Å²) in [5.74, 6) is -5.06. The molecule has 0 aliphatic rings. The number of carboxylic acid groups (broad SMARTS) is 2. The van der Waals surface area contributed by atoms with Crippen LogP contribution in [0.15, 0.2) is 30.9 Å². The van der Waals surface area contributed by atoms with Crippen molar-refractivity contribution in [3.05, 3.63) is 47.5 Å². The summed E-state index contributed by atoms with van der Waals surface area (Å²) in [6, 6.07) is 3.33. The Balaban J connectivity index is 3.01. The highest BCUT2D eigenvalue weighted by atomic mass is 16.7. The molecule has 0 heterocycles. The maximum absolute atomic E-state index is 11.7. The van der Waals surface area contributed by atoms with E-state index >= 15 is 0 Å². The molecule has 2 N–H and O–H groups in total. The molecule has 1 rings (SSSR count). The van der Waals surface area contributed by atoms with Gasteiger partial charge in [-0.15, -0.1) is 0 Å². The molecule has 110 valence electrons. The molecule has 21 heavy (non-hydrogen) atoms. The van der Waals surface area contributed by atoms with Crippen LogP contribution in [0, 0.1) is 0 Å². The Hall–Kier alpha value is -3.16. The Kier molecular flexibility index (Phi) is 5.18. The van der Waals surface area contributed by atoms with Crippen LogP contribution in [0.5, 0.6) is 0 Å². The van der Waals surface area contributed by atoms with E-state index in [4.69, 9.17) is 10.2 Å². The van der Waals surface area contributed by atoms with E-state index in [2.05, 4.69) is 16.1 Å². The van der Waals surface area contributed by atoms with Crippen LogP contribution < -0.4 is 0 Å². The first kappa shape index (κ1) is 15.9. The number of esters is 2. The van der Waals surface area contributed by atoms with Gasteiger partial charge in [0.05, 0.1) is 16.7 Å². The lowest BCUT2D eigenvalue weighted by atomic mass is 10.0. The van der Waals surface area contributed by atoms with Crippen LogP contribution in [0.4, 0.5) is 0 Å². The van der Waals surface area contributed by atoms with E-state index < -0.39 is 47.4 Å². The number of carboxylic acids is 2. The van der Waals surface area contributed by atoms with Crippen molar-refractivity contribution in [2.45, 2.75) is 0 Å². The molecule has 0 atom stereocenters. The number of hydrogen-bond acceptors (Lipinski definition) is 6. The van der Waals surface area contributed by atoms with Gasteiger partial charge in [0.15, 0.2) is 0 Å². The summed E-state index contributed by atoms with van der Waals surface area (Å²) in [5, 5.41) is 17.9. The second kappa shape index (κ2) is 6.85. The normalized spacial score (nSPS) is 9.52. The van der Waals surface area contributed by atoms with Gasteiger partial charge in [-0.05, 0) is 12.1 Å². The zero-order valence-electron chi connectivity index (χ0n) is 10.6. The molecular weight excluding hydrogens is 284 g/mol. The first-order chi connectivity index (χ1) is 9.88. The van der Waals surface area contributed by atoms with E-state index in [1.54, 1.807) is 0 Å². The van der Waals surface area contributed by atoms with Gasteiger partial charge in [0.2, 0.25) is 6.79 Å². The highest BCUT2D eigenvalue weighted by molar-refractivity contribution is 6.09. The summed E-state index contributed by atoms with van der Waals surface area (Å²) in [7, 11) is 0. The second-order valence-electron chi connectivity index (χ2n) is 3.56. The largest absolute Gasteiger partial charge is 0.478 e. The van der Waals surface area contributed by atoms with Gasteiger partial charge in [0.1, 0.15) is 0 Å². The summed E-state index contributed by atoms with van der Waals surface area (Å²) in [6.07, 6.45) is 0.849. The van der Waals surface area contributed by atoms with Crippen LogP contribution in [-0.2, 0) is 14.3 Å². The molecule has 0 radical (unpaired) electrons. The molecule has 0 saturated carbocycles. The Labute approximate surface area is 118 Å². The molecule has 1 aromatic rings. The number of ether oxygens (including phenoxy) is 2. The zero-order chi connectivity index (χ0) is 16.0. The van der Waals surface area contributed by atoms with E-state index in [1.807, 2.05) is 0 Å². The molecule has 0 bridgehead atoms. The van der Waals surface area contributed by atoms with Crippen LogP contribution in [0.25, 0.3) is 0 Å². The lowest BCUT2D eigenvalue weighted by Crippen LogP contribution is -2.18. The maximum Gasteiger partial charge on any atom is 0.341 e. The molecule has 0 aromatic heterocycles. The molecule has 8 nitrogen and oxygen atoms in total. The molecule has 0 aliphatic carbocycles. The van der Waals surface area contributed by atoms with Crippen LogP contribution >= 0.6 is 0 Å². The van der Waals surface area contributed by atoms with E-state index in [9.17, 15) is 19.2 Å². The third-order valence-corrected chi connectivity index (χ3v) is 2.29. The Morgan fingerprint density at radius 2 is 1.67 bits per heavy atom. The van der Waals surface area contributed by atoms with E-state index in [1.165, 1.54) is 6.07 Å². The third-order valence-electron chi connectivity index (χ3n) is 2.29. The average Bonchev–Trinajstić information content (AvgIpc) is 2.45.